The van der Waals surface area contributed by atoms with Gasteiger partial charge in [-0.25, -0.2) is 0 Å². The molecule has 2 saturated heterocycles. The van der Waals surface area contributed by atoms with Crippen molar-refractivity contribution in [1.29, 1.82) is 0 Å². The van der Waals surface area contributed by atoms with Crippen molar-refractivity contribution in [2.24, 2.45) is 0 Å². The first kappa shape index (κ1) is 23.7. The van der Waals surface area contributed by atoms with Crippen LogP contribution in [0.25, 0.3) is 0 Å². The van der Waals surface area contributed by atoms with Gasteiger partial charge in [0, 0.05) is 6.04 Å². The lowest BCUT2D eigenvalue weighted by atomic mass is 10.0. The normalized spacial score (nSPS) is 28.5. The van der Waals surface area contributed by atoms with Crippen molar-refractivity contribution < 1.29 is 18.9 Å². The van der Waals surface area contributed by atoms with E-state index in [1.807, 2.05) is 19.9 Å². The maximum atomic E-state index is 6.30. The highest BCUT2D eigenvalue weighted by Gasteiger charge is 2.56. The molecule has 0 spiro atoms. The molecule has 30 heavy (non-hydrogen) atoms. The van der Waals surface area contributed by atoms with Crippen LogP contribution in [0.1, 0.15) is 71.8 Å². The maximum Gasteiger partial charge on any atom is 0.187 e. The molecular weight excluding hydrogens is 378 g/mol. The Bertz CT molecular complexity index is 608. The van der Waals surface area contributed by atoms with Crippen molar-refractivity contribution in [3.8, 4) is 0 Å². The van der Waals surface area contributed by atoms with Gasteiger partial charge in [0.15, 0.2) is 12.1 Å². The van der Waals surface area contributed by atoms with Crippen molar-refractivity contribution in [1.82, 2.24) is 5.32 Å². The van der Waals surface area contributed by atoms with Crippen LogP contribution in [-0.4, -0.2) is 49.6 Å². The van der Waals surface area contributed by atoms with Gasteiger partial charge in [-0.1, -0.05) is 62.9 Å². The molecule has 1 aromatic carbocycles. The van der Waals surface area contributed by atoms with Crippen molar-refractivity contribution in [2.75, 3.05) is 13.2 Å². The first-order valence-corrected chi connectivity index (χ1v) is 11.9. The molecule has 0 bridgehead atoms. The highest BCUT2D eigenvalue weighted by Crippen LogP contribution is 2.40. The Morgan fingerprint density at radius 2 is 1.73 bits per heavy atom. The highest BCUT2D eigenvalue weighted by molar-refractivity contribution is 5.14. The predicted octanol–water partition coefficient (Wildman–Crippen LogP) is 4.83. The summed E-state index contributed by atoms with van der Waals surface area (Å²) in [6.45, 7) is 10.0. The van der Waals surface area contributed by atoms with Crippen LogP contribution >= 0.6 is 0 Å². The van der Waals surface area contributed by atoms with E-state index < -0.39 is 5.79 Å². The zero-order valence-corrected chi connectivity index (χ0v) is 19.3. The summed E-state index contributed by atoms with van der Waals surface area (Å²) in [4.78, 5) is 0. The van der Waals surface area contributed by atoms with E-state index in [9.17, 15) is 0 Å². The van der Waals surface area contributed by atoms with Gasteiger partial charge in [0.1, 0.15) is 18.3 Å². The molecule has 5 heteroatoms. The lowest BCUT2D eigenvalue weighted by Gasteiger charge is -2.27. The molecule has 2 heterocycles. The molecule has 0 amide bonds. The van der Waals surface area contributed by atoms with Gasteiger partial charge in [0.05, 0.1) is 6.61 Å². The fraction of sp³-hybridized carbons (Fsp3) is 0.760. The minimum atomic E-state index is -0.594. The fourth-order valence-corrected chi connectivity index (χ4v) is 4.42. The third-order valence-electron chi connectivity index (χ3n) is 6.02. The van der Waals surface area contributed by atoms with E-state index >= 15 is 0 Å². The molecule has 5 nitrogen and oxygen atoms in total. The zero-order chi connectivity index (χ0) is 21.4. The molecule has 1 N–H and O–H groups in total. The summed E-state index contributed by atoms with van der Waals surface area (Å²) in [6, 6.07) is 10.7. The zero-order valence-electron chi connectivity index (χ0n) is 19.3. The second kappa shape index (κ2) is 11.6. The molecule has 0 aliphatic carbocycles. The number of rotatable bonds is 13. The van der Waals surface area contributed by atoms with E-state index in [1.54, 1.807) is 0 Å². The summed E-state index contributed by atoms with van der Waals surface area (Å²) >= 11 is 0. The summed E-state index contributed by atoms with van der Waals surface area (Å²) in [6.07, 6.45) is 7.68. The third kappa shape index (κ3) is 6.76. The van der Waals surface area contributed by atoms with Gasteiger partial charge in [0.25, 0.3) is 0 Å². The van der Waals surface area contributed by atoms with E-state index in [2.05, 4.69) is 43.4 Å². The largest absolute Gasteiger partial charge is 0.350 e. The summed E-state index contributed by atoms with van der Waals surface area (Å²) in [5.74, 6) is -0.594. The summed E-state index contributed by atoms with van der Waals surface area (Å²) in [5.41, 5.74) is 1.34. The van der Waals surface area contributed by atoms with Crippen molar-refractivity contribution in [3.63, 3.8) is 0 Å². The van der Waals surface area contributed by atoms with E-state index in [4.69, 9.17) is 18.9 Å². The van der Waals surface area contributed by atoms with Gasteiger partial charge in [-0.2, -0.15) is 0 Å². The minimum Gasteiger partial charge on any atom is -0.350 e. The standard InChI is InChI=1S/C25H41NO4/c1-5-6-7-8-12-17-26-19(2)21-22-23(30-25(3,4)29-22)24(28-21)27-18-13-16-20-14-10-9-11-15-20/h9-11,14-15,19,21-24,26H,5-8,12-13,16-18H2,1-4H3/t19-,21+,22-,23-,24-/m0/s1. The van der Waals surface area contributed by atoms with Crippen molar-refractivity contribution in [3.05, 3.63) is 35.9 Å². The van der Waals surface area contributed by atoms with Crippen molar-refractivity contribution in [2.45, 2.75) is 109 Å². The Labute approximate surface area is 182 Å². The van der Waals surface area contributed by atoms with Crippen LogP contribution < -0.4 is 5.32 Å². The second-order valence-corrected chi connectivity index (χ2v) is 9.15. The Balaban J connectivity index is 1.45. The Kier molecular flexibility index (Phi) is 9.14. The Morgan fingerprint density at radius 1 is 1.00 bits per heavy atom. The molecule has 1 aromatic rings. The molecule has 2 fully saturated rings. The number of benzene rings is 1. The molecule has 170 valence electrons. The van der Waals surface area contributed by atoms with Gasteiger partial charge in [-0.3, -0.25) is 0 Å². The van der Waals surface area contributed by atoms with E-state index in [0.29, 0.717) is 6.61 Å². The SMILES string of the molecule is CCCCCCCN[C@@H](C)[C@H]1O[C@H](OCCCc2ccccc2)[C@H]2OC(C)(C)O[C@H]21. The van der Waals surface area contributed by atoms with Gasteiger partial charge in [-0.15, -0.1) is 0 Å². The quantitative estimate of drug-likeness (QED) is 0.464. The number of aryl methyl sites for hydroxylation is 1. The molecule has 2 aliphatic heterocycles. The molecule has 3 rings (SSSR count). The van der Waals surface area contributed by atoms with Gasteiger partial charge in [-0.05, 0) is 52.1 Å². The van der Waals surface area contributed by atoms with Crippen LogP contribution in [0.2, 0.25) is 0 Å². The number of ether oxygens (including phenoxy) is 4. The molecule has 0 saturated carbocycles. The van der Waals surface area contributed by atoms with E-state index in [-0.39, 0.29) is 30.6 Å². The second-order valence-electron chi connectivity index (χ2n) is 9.15. The smallest absolute Gasteiger partial charge is 0.187 e. The average Bonchev–Trinajstić information content (AvgIpc) is 3.22. The van der Waals surface area contributed by atoms with Crippen molar-refractivity contribution >= 4 is 0 Å². The molecule has 0 unspecified atom stereocenters. The van der Waals surface area contributed by atoms with Crippen LogP contribution in [0.5, 0.6) is 0 Å². The van der Waals surface area contributed by atoms with Gasteiger partial charge < -0.3 is 24.3 Å². The van der Waals surface area contributed by atoms with Gasteiger partial charge >= 0.3 is 0 Å². The van der Waals surface area contributed by atoms with Gasteiger partial charge in [0.2, 0.25) is 0 Å². The predicted molar refractivity (Wildman–Crippen MR) is 119 cm³/mol. The topological polar surface area (TPSA) is 49.0 Å². The van der Waals surface area contributed by atoms with Crippen LogP contribution in [0, 0.1) is 0 Å². The minimum absolute atomic E-state index is 0.0634. The molecule has 5 atom stereocenters. The third-order valence-corrected chi connectivity index (χ3v) is 6.02. The van der Waals surface area contributed by atoms with Crippen LogP contribution in [0.15, 0.2) is 30.3 Å². The Morgan fingerprint density at radius 3 is 2.50 bits per heavy atom. The molecular formula is C25H41NO4. The summed E-state index contributed by atoms with van der Waals surface area (Å²) in [5, 5.41) is 3.63. The molecule has 0 radical (unpaired) electrons. The summed E-state index contributed by atoms with van der Waals surface area (Å²) < 4.78 is 24.8. The first-order valence-electron chi connectivity index (χ1n) is 11.9. The first-order chi connectivity index (χ1) is 14.5. The average molecular weight is 420 g/mol. The molecule has 0 aromatic heterocycles. The van der Waals surface area contributed by atoms with Crippen LogP contribution in [0.3, 0.4) is 0 Å². The van der Waals surface area contributed by atoms with E-state index in [0.717, 1.165) is 19.4 Å². The fourth-order valence-electron chi connectivity index (χ4n) is 4.42. The van der Waals surface area contributed by atoms with Crippen LogP contribution in [0.4, 0.5) is 0 Å². The van der Waals surface area contributed by atoms with E-state index in [1.165, 1.54) is 37.7 Å². The summed E-state index contributed by atoms with van der Waals surface area (Å²) in [7, 11) is 0. The highest BCUT2D eigenvalue weighted by atomic mass is 16.8. The number of unbranched alkanes of at least 4 members (excludes halogenated alkanes) is 4. The number of fused-ring (bicyclic) bond motifs is 1. The molecule has 2 aliphatic rings. The lowest BCUT2D eigenvalue weighted by Crippen LogP contribution is -2.45. The van der Waals surface area contributed by atoms with Crippen LogP contribution in [-0.2, 0) is 25.4 Å². The number of nitrogens with one attached hydrogen (secondary N) is 1. The lowest BCUT2D eigenvalue weighted by molar-refractivity contribution is -0.235. The monoisotopic (exact) mass is 419 g/mol. The number of hydrogen-bond donors (Lipinski definition) is 1. The maximum absolute atomic E-state index is 6.30. The number of hydrogen-bond acceptors (Lipinski definition) is 5. The Hall–Kier alpha value is -0.980.